The van der Waals surface area contributed by atoms with Crippen LogP contribution in [0, 0.1) is 11.7 Å². The van der Waals surface area contributed by atoms with E-state index in [1.165, 1.54) is 29.7 Å². The van der Waals surface area contributed by atoms with Crippen molar-refractivity contribution in [3.05, 3.63) is 78.1 Å². The number of hydrogen-bond acceptors (Lipinski definition) is 4. The Balaban J connectivity index is 2.07. The third-order valence-corrected chi connectivity index (χ3v) is 7.44. The SMILES string of the molecule is CCC(C)CN(c1cc2oc(-c3ccc(F)cc3)c(C(=O)NC)c2cc1-c1ccccc1)S(C)(=O)=O. The summed E-state index contributed by atoms with van der Waals surface area (Å²) >= 11 is 0. The standard InChI is InChI=1S/C28H29FN2O4S/c1-5-18(2)17-31(36(4,33)34)24-16-25-23(15-22(24)19-9-7-6-8-10-19)26(28(32)30-3)27(35-25)20-11-13-21(29)14-12-20/h6-16,18H,5,17H2,1-4H3,(H,30,32). The van der Waals surface area contributed by atoms with Crippen molar-refractivity contribution in [1.82, 2.24) is 5.32 Å². The average Bonchev–Trinajstić information content (AvgIpc) is 3.24. The number of nitrogens with one attached hydrogen (secondary N) is 1. The van der Waals surface area contributed by atoms with Gasteiger partial charge in [0.2, 0.25) is 10.0 Å². The summed E-state index contributed by atoms with van der Waals surface area (Å²) in [5.41, 5.74) is 3.14. The number of sulfonamides is 1. The second kappa shape index (κ2) is 10.1. The minimum atomic E-state index is -3.63. The second-order valence-electron chi connectivity index (χ2n) is 8.93. The first kappa shape index (κ1) is 25.4. The Morgan fingerprint density at radius 1 is 1.06 bits per heavy atom. The number of anilines is 1. The van der Waals surface area contributed by atoms with Crippen LogP contribution in [-0.4, -0.2) is 34.2 Å². The summed E-state index contributed by atoms with van der Waals surface area (Å²) in [4.78, 5) is 13.0. The van der Waals surface area contributed by atoms with Gasteiger partial charge in [-0.25, -0.2) is 12.8 Å². The Kier molecular flexibility index (Phi) is 7.17. The Hall–Kier alpha value is -3.65. The van der Waals surface area contributed by atoms with Crippen LogP contribution in [0.15, 0.2) is 71.1 Å². The summed E-state index contributed by atoms with van der Waals surface area (Å²) < 4.78 is 47.1. The molecule has 0 aliphatic rings. The number of rotatable bonds is 8. The summed E-state index contributed by atoms with van der Waals surface area (Å²) in [7, 11) is -2.11. The molecule has 4 aromatic rings. The van der Waals surface area contributed by atoms with E-state index in [1.807, 2.05) is 44.2 Å². The van der Waals surface area contributed by atoms with Gasteiger partial charge in [-0.05, 0) is 41.8 Å². The topological polar surface area (TPSA) is 79.6 Å². The predicted molar refractivity (Wildman–Crippen MR) is 142 cm³/mol. The number of furan rings is 1. The molecule has 4 rings (SSSR count). The maximum absolute atomic E-state index is 13.6. The van der Waals surface area contributed by atoms with Crippen molar-refractivity contribution in [2.45, 2.75) is 20.3 Å². The Morgan fingerprint density at radius 2 is 1.72 bits per heavy atom. The first-order valence-electron chi connectivity index (χ1n) is 11.8. The molecule has 1 amide bonds. The van der Waals surface area contributed by atoms with Gasteiger partial charge >= 0.3 is 0 Å². The van der Waals surface area contributed by atoms with Gasteiger partial charge in [0.25, 0.3) is 5.91 Å². The molecule has 1 atom stereocenters. The highest BCUT2D eigenvalue weighted by molar-refractivity contribution is 7.92. The summed E-state index contributed by atoms with van der Waals surface area (Å²) in [6.07, 6.45) is 2.00. The zero-order valence-electron chi connectivity index (χ0n) is 20.7. The summed E-state index contributed by atoms with van der Waals surface area (Å²) in [5.74, 6) is -0.363. The molecule has 0 radical (unpaired) electrons. The highest BCUT2D eigenvalue weighted by atomic mass is 32.2. The molecule has 1 aromatic heterocycles. The van der Waals surface area contributed by atoms with E-state index in [2.05, 4.69) is 5.32 Å². The summed E-state index contributed by atoms with van der Waals surface area (Å²) in [6, 6.07) is 18.6. The lowest BCUT2D eigenvalue weighted by molar-refractivity contribution is 0.0964. The number of halogens is 1. The van der Waals surface area contributed by atoms with Gasteiger partial charge < -0.3 is 9.73 Å². The minimum absolute atomic E-state index is 0.117. The van der Waals surface area contributed by atoms with Gasteiger partial charge in [0.05, 0.1) is 17.5 Å². The highest BCUT2D eigenvalue weighted by Crippen LogP contribution is 2.41. The molecular weight excluding hydrogens is 479 g/mol. The summed E-state index contributed by atoms with van der Waals surface area (Å²) in [5, 5.41) is 3.19. The van der Waals surface area contributed by atoms with Crippen LogP contribution in [0.2, 0.25) is 0 Å². The van der Waals surface area contributed by atoms with Crippen molar-refractivity contribution >= 4 is 32.6 Å². The molecule has 1 N–H and O–H groups in total. The fourth-order valence-electron chi connectivity index (χ4n) is 4.17. The zero-order valence-corrected chi connectivity index (χ0v) is 21.5. The molecule has 36 heavy (non-hydrogen) atoms. The smallest absolute Gasteiger partial charge is 0.255 e. The largest absolute Gasteiger partial charge is 0.455 e. The predicted octanol–water partition coefficient (Wildman–Crippen LogP) is 6.08. The quantitative estimate of drug-likeness (QED) is 0.313. The third-order valence-electron chi connectivity index (χ3n) is 6.30. The fourth-order valence-corrected chi connectivity index (χ4v) is 5.20. The zero-order chi connectivity index (χ0) is 26.0. The number of fused-ring (bicyclic) bond motifs is 1. The van der Waals surface area contributed by atoms with Crippen LogP contribution in [-0.2, 0) is 10.0 Å². The number of amides is 1. The number of benzene rings is 3. The molecule has 1 heterocycles. The van der Waals surface area contributed by atoms with Gasteiger partial charge in [-0.15, -0.1) is 0 Å². The molecule has 0 saturated heterocycles. The van der Waals surface area contributed by atoms with Gasteiger partial charge in [0.1, 0.15) is 17.2 Å². The summed E-state index contributed by atoms with van der Waals surface area (Å²) in [6.45, 7) is 4.32. The third kappa shape index (κ3) is 4.99. The Morgan fingerprint density at radius 3 is 2.31 bits per heavy atom. The normalized spacial score (nSPS) is 12.5. The van der Waals surface area contributed by atoms with Crippen molar-refractivity contribution in [3.8, 4) is 22.5 Å². The van der Waals surface area contributed by atoms with E-state index in [-0.39, 0.29) is 17.6 Å². The lowest BCUT2D eigenvalue weighted by Gasteiger charge is -2.27. The van der Waals surface area contributed by atoms with Gasteiger partial charge in [-0.1, -0.05) is 50.6 Å². The van der Waals surface area contributed by atoms with E-state index in [0.29, 0.717) is 39.9 Å². The van der Waals surface area contributed by atoms with Crippen molar-refractivity contribution in [2.24, 2.45) is 5.92 Å². The van der Waals surface area contributed by atoms with Crippen molar-refractivity contribution in [2.75, 3.05) is 24.2 Å². The van der Waals surface area contributed by atoms with E-state index in [9.17, 15) is 17.6 Å². The number of carbonyl (C=O) groups is 1. The Labute approximate surface area is 210 Å². The van der Waals surface area contributed by atoms with Crippen LogP contribution in [0.1, 0.15) is 30.6 Å². The monoisotopic (exact) mass is 508 g/mol. The molecule has 3 aromatic carbocycles. The van der Waals surface area contributed by atoms with Gasteiger partial charge in [-0.3, -0.25) is 9.10 Å². The highest BCUT2D eigenvalue weighted by Gasteiger charge is 2.28. The lowest BCUT2D eigenvalue weighted by atomic mass is 9.98. The fraction of sp³-hybridized carbons (Fsp3) is 0.250. The van der Waals surface area contributed by atoms with E-state index >= 15 is 0 Å². The molecule has 1 unspecified atom stereocenters. The average molecular weight is 509 g/mol. The molecule has 0 saturated carbocycles. The van der Waals surface area contributed by atoms with Crippen LogP contribution in [0.5, 0.6) is 0 Å². The minimum Gasteiger partial charge on any atom is -0.455 e. The van der Waals surface area contributed by atoms with E-state index in [4.69, 9.17) is 4.42 Å². The van der Waals surface area contributed by atoms with E-state index in [1.54, 1.807) is 24.3 Å². The molecule has 0 fully saturated rings. The Bertz CT molecular complexity index is 1500. The molecule has 0 bridgehead atoms. The van der Waals surface area contributed by atoms with E-state index in [0.717, 1.165) is 12.0 Å². The van der Waals surface area contributed by atoms with Crippen LogP contribution in [0.3, 0.4) is 0 Å². The molecule has 0 aliphatic heterocycles. The first-order valence-corrected chi connectivity index (χ1v) is 13.6. The molecule has 0 aliphatic carbocycles. The molecule has 0 spiro atoms. The van der Waals surface area contributed by atoms with Crippen molar-refractivity contribution in [3.63, 3.8) is 0 Å². The van der Waals surface area contributed by atoms with Gasteiger partial charge in [0.15, 0.2) is 0 Å². The first-order chi connectivity index (χ1) is 17.1. The molecule has 6 nitrogen and oxygen atoms in total. The van der Waals surface area contributed by atoms with Gasteiger partial charge in [-0.2, -0.15) is 0 Å². The van der Waals surface area contributed by atoms with Gasteiger partial charge in [0, 0.05) is 36.2 Å². The van der Waals surface area contributed by atoms with Crippen LogP contribution < -0.4 is 9.62 Å². The number of carbonyl (C=O) groups excluding carboxylic acids is 1. The molecule has 8 heteroatoms. The van der Waals surface area contributed by atoms with Crippen LogP contribution in [0.25, 0.3) is 33.4 Å². The molecular formula is C28H29FN2O4S. The van der Waals surface area contributed by atoms with Crippen LogP contribution in [0.4, 0.5) is 10.1 Å². The maximum Gasteiger partial charge on any atom is 0.255 e. The molecule has 188 valence electrons. The second-order valence-corrected chi connectivity index (χ2v) is 10.8. The maximum atomic E-state index is 13.6. The lowest BCUT2D eigenvalue weighted by Crippen LogP contribution is -2.34. The van der Waals surface area contributed by atoms with E-state index < -0.39 is 15.8 Å². The van der Waals surface area contributed by atoms with Crippen molar-refractivity contribution < 1.29 is 22.0 Å². The van der Waals surface area contributed by atoms with Crippen LogP contribution >= 0.6 is 0 Å². The number of nitrogens with zero attached hydrogens (tertiary/aromatic N) is 1. The number of hydrogen-bond donors (Lipinski definition) is 1. The van der Waals surface area contributed by atoms with Crippen molar-refractivity contribution in [1.29, 1.82) is 0 Å².